The average molecular weight is 480 g/mol. The summed E-state index contributed by atoms with van der Waals surface area (Å²) in [6, 6.07) is 16.2. The van der Waals surface area contributed by atoms with Crippen LogP contribution in [0.3, 0.4) is 0 Å². The van der Waals surface area contributed by atoms with Crippen molar-refractivity contribution >= 4 is 34.4 Å². The predicted octanol–water partition coefficient (Wildman–Crippen LogP) is 4.23. The molecule has 0 saturated carbocycles. The Hall–Kier alpha value is -3.72. The normalized spacial score (nSPS) is 13.0. The van der Waals surface area contributed by atoms with Gasteiger partial charge in [-0.2, -0.15) is 0 Å². The van der Waals surface area contributed by atoms with Crippen molar-refractivity contribution in [1.29, 1.82) is 0 Å². The lowest BCUT2D eigenvalue weighted by Crippen LogP contribution is -2.34. The molecule has 34 heavy (non-hydrogen) atoms. The first-order valence-electron chi connectivity index (χ1n) is 10.9. The van der Waals surface area contributed by atoms with Gasteiger partial charge in [0, 0.05) is 24.9 Å². The summed E-state index contributed by atoms with van der Waals surface area (Å²) in [7, 11) is 1.56. The summed E-state index contributed by atoms with van der Waals surface area (Å²) >= 11 is 1.20. The molecule has 2 N–H and O–H groups in total. The molecule has 3 aromatic rings. The van der Waals surface area contributed by atoms with Crippen LogP contribution in [0.1, 0.15) is 29.7 Å². The fraction of sp³-hybridized carbons (Fsp3) is 0.280. The third-order valence-electron chi connectivity index (χ3n) is 5.83. The second-order valence-electron chi connectivity index (χ2n) is 8.28. The maximum Gasteiger partial charge on any atom is 0.413 e. The molecule has 0 fully saturated rings. The monoisotopic (exact) mass is 479 g/mol. The third-order valence-corrected chi connectivity index (χ3v) is 6.64. The summed E-state index contributed by atoms with van der Waals surface area (Å²) in [5.41, 5.74) is 5.08. The van der Waals surface area contributed by atoms with Crippen LogP contribution in [-0.2, 0) is 20.7 Å². The molecule has 8 nitrogen and oxygen atoms in total. The largest absolute Gasteiger partial charge is 0.481 e. The highest BCUT2D eigenvalue weighted by Crippen LogP contribution is 2.44. The summed E-state index contributed by atoms with van der Waals surface area (Å²) in [5, 5.41) is 13.6. The fourth-order valence-electron chi connectivity index (χ4n) is 4.05. The Morgan fingerprint density at radius 2 is 1.74 bits per heavy atom. The molecule has 2 amide bonds. The van der Waals surface area contributed by atoms with E-state index in [1.54, 1.807) is 19.4 Å². The minimum atomic E-state index is -0.956. The number of aromatic nitrogens is 1. The number of hydrogen-bond donors (Lipinski definition) is 2. The highest BCUT2D eigenvalue weighted by Gasteiger charge is 2.29. The van der Waals surface area contributed by atoms with Crippen molar-refractivity contribution < 1.29 is 24.2 Å². The van der Waals surface area contributed by atoms with Gasteiger partial charge in [0.2, 0.25) is 5.91 Å². The molecule has 0 saturated heterocycles. The molecule has 1 aromatic heterocycles. The Morgan fingerprint density at radius 1 is 1.12 bits per heavy atom. The Labute approximate surface area is 201 Å². The summed E-state index contributed by atoms with van der Waals surface area (Å²) < 4.78 is 5.52. The SMILES string of the molecule is CC(CN(C)C(=O)Cc1csc(NC(=O)OCC2c3ccccc3-c3ccccc32)n1)C(=O)O. The third kappa shape index (κ3) is 5.09. The van der Waals surface area contributed by atoms with Crippen LogP contribution in [0.5, 0.6) is 0 Å². The van der Waals surface area contributed by atoms with Crippen molar-refractivity contribution in [3.8, 4) is 11.1 Å². The summed E-state index contributed by atoms with van der Waals surface area (Å²) in [6.45, 7) is 1.86. The minimum absolute atomic E-state index is 0.0196. The Balaban J connectivity index is 1.32. The van der Waals surface area contributed by atoms with Gasteiger partial charge in [-0.1, -0.05) is 55.5 Å². The number of rotatable bonds is 8. The van der Waals surface area contributed by atoms with Crippen LogP contribution < -0.4 is 5.32 Å². The molecule has 1 unspecified atom stereocenters. The molecule has 0 spiro atoms. The van der Waals surface area contributed by atoms with Gasteiger partial charge in [-0.15, -0.1) is 11.3 Å². The van der Waals surface area contributed by atoms with Gasteiger partial charge in [0.15, 0.2) is 5.13 Å². The van der Waals surface area contributed by atoms with Gasteiger partial charge >= 0.3 is 12.1 Å². The van der Waals surface area contributed by atoms with Crippen molar-refractivity contribution in [2.24, 2.45) is 5.92 Å². The van der Waals surface area contributed by atoms with Crippen molar-refractivity contribution in [2.75, 3.05) is 25.5 Å². The number of thiazole rings is 1. The smallest absolute Gasteiger partial charge is 0.413 e. The first kappa shape index (κ1) is 23.4. The van der Waals surface area contributed by atoms with E-state index in [9.17, 15) is 14.4 Å². The van der Waals surface area contributed by atoms with E-state index >= 15 is 0 Å². The molecule has 176 valence electrons. The van der Waals surface area contributed by atoms with Gasteiger partial charge in [-0.05, 0) is 22.3 Å². The molecular weight excluding hydrogens is 454 g/mol. The Morgan fingerprint density at radius 3 is 2.35 bits per heavy atom. The molecule has 0 bridgehead atoms. The maximum absolute atomic E-state index is 12.4. The Kier molecular flexibility index (Phi) is 6.93. The van der Waals surface area contributed by atoms with Crippen LogP contribution in [0.25, 0.3) is 11.1 Å². The van der Waals surface area contributed by atoms with Crippen molar-refractivity contribution in [2.45, 2.75) is 19.3 Å². The molecule has 4 rings (SSSR count). The number of fused-ring (bicyclic) bond motifs is 3. The van der Waals surface area contributed by atoms with Crippen molar-refractivity contribution in [3.63, 3.8) is 0 Å². The average Bonchev–Trinajstić information content (AvgIpc) is 3.39. The number of amides is 2. The molecule has 2 aromatic carbocycles. The summed E-state index contributed by atoms with van der Waals surface area (Å²) in [5.74, 6) is -1.89. The van der Waals surface area contributed by atoms with Gasteiger partial charge in [0.1, 0.15) is 6.61 Å². The molecule has 9 heteroatoms. The maximum atomic E-state index is 12.4. The first-order valence-corrected chi connectivity index (χ1v) is 11.7. The standard InChI is InChI=1S/C25H25N3O5S/c1-15(23(30)31)12-28(2)22(29)11-16-14-34-24(26-16)27-25(32)33-13-21-19-9-5-3-7-17(19)18-8-4-6-10-20(18)21/h3-10,14-15,21H,11-13H2,1-2H3,(H,30,31)(H,26,27,32). The number of nitrogens with zero attached hydrogens (tertiary/aromatic N) is 2. The lowest BCUT2D eigenvalue weighted by atomic mass is 9.98. The van der Waals surface area contributed by atoms with Crippen LogP contribution in [0.15, 0.2) is 53.9 Å². The van der Waals surface area contributed by atoms with E-state index in [0.29, 0.717) is 10.8 Å². The second-order valence-corrected chi connectivity index (χ2v) is 9.14. The van der Waals surface area contributed by atoms with Gasteiger partial charge in [-0.25, -0.2) is 9.78 Å². The highest BCUT2D eigenvalue weighted by molar-refractivity contribution is 7.13. The van der Waals surface area contributed by atoms with E-state index in [1.807, 2.05) is 24.3 Å². The number of carbonyl (C=O) groups excluding carboxylic acids is 2. The quantitative estimate of drug-likeness (QED) is 0.501. The number of likely N-dealkylation sites (N-methyl/N-ethyl adjacent to an activating group) is 1. The number of hydrogen-bond acceptors (Lipinski definition) is 6. The number of nitrogens with one attached hydrogen (secondary N) is 1. The molecule has 1 heterocycles. The van der Waals surface area contributed by atoms with Gasteiger partial charge in [-0.3, -0.25) is 14.9 Å². The molecule has 1 aliphatic carbocycles. The van der Waals surface area contributed by atoms with Crippen LogP contribution in [0, 0.1) is 5.92 Å². The van der Waals surface area contributed by atoms with E-state index in [2.05, 4.69) is 34.6 Å². The Bertz CT molecular complexity index is 1180. The first-order chi connectivity index (χ1) is 16.3. The lowest BCUT2D eigenvalue weighted by molar-refractivity contribution is -0.142. The zero-order chi connectivity index (χ0) is 24.2. The summed E-state index contributed by atoms with van der Waals surface area (Å²) in [4.78, 5) is 41.4. The van der Waals surface area contributed by atoms with Crippen LogP contribution in [0.4, 0.5) is 9.93 Å². The molecule has 1 aliphatic rings. The van der Waals surface area contributed by atoms with E-state index in [-0.39, 0.29) is 31.4 Å². The number of carbonyl (C=O) groups is 3. The van der Waals surface area contributed by atoms with Gasteiger partial charge in [0.05, 0.1) is 18.0 Å². The van der Waals surface area contributed by atoms with Crippen LogP contribution in [0.2, 0.25) is 0 Å². The highest BCUT2D eigenvalue weighted by atomic mass is 32.1. The van der Waals surface area contributed by atoms with Crippen molar-refractivity contribution in [1.82, 2.24) is 9.88 Å². The molecule has 0 aliphatic heterocycles. The minimum Gasteiger partial charge on any atom is -0.481 e. The van der Waals surface area contributed by atoms with E-state index in [0.717, 1.165) is 22.3 Å². The lowest BCUT2D eigenvalue weighted by Gasteiger charge is -2.18. The van der Waals surface area contributed by atoms with E-state index < -0.39 is 18.0 Å². The van der Waals surface area contributed by atoms with E-state index in [4.69, 9.17) is 9.84 Å². The van der Waals surface area contributed by atoms with Crippen LogP contribution in [-0.4, -0.2) is 53.2 Å². The van der Waals surface area contributed by atoms with Crippen molar-refractivity contribution in [3.05, 3.63) is 70.7 Å². The predicted molar refractivity (Wildman–Crippen MR) is 129 cm³/mol. The van der Waals surface area contributed by atoms with E-state index in [1.165, 1.54) is 16.2 Å². The number of carboxylic acids is 1. The molecule has 1 atom stereocenters. The number of anilines is 1. The topological polar surface area (TPSA) is 109 Å². The summed E-state index contributed by atoms with van der Waals surface area (Å²) in [6.07, 6.45) is -0.590. The molecular formula is C25H25N3O5S. The number of aliphatic carboxylic acids is 1. The number of benzene rings is 2. The van der Waals surface area contributed by atoms with Gasteiger partial charge in [0.25, 0.3) is 0 Å². The zero-order valence-electron chi connectivity index (χ0n) is 18.9. The van der Waals surface area contributed by atoms with Crippen LogP contribution >= 0.6 is 11.3 Å². The zero-order valence-corrected chi connectivity index (χ0v) is 19.7. The second kappa shape index (κ2) is 10.0. The molecule has 0 radical (unpaired) electrons. The fourth-order valence-corrected chi connectivity index (χ4v) is 4.74. The van der Waals surface area contributed by atoms with Gasteiger partial charge < -0.3 is 14.7 Å². The number of carboxylic acid groups (broad SMARTS) is 1. The number of ether oxygens (including phenoxy) is 1.